The average Bonchev–Trinajstić information content (AvgIpc) is 2.18. The molecule has 0 fully saturated rings. The van der Waals surface area contributed by atoms with E-state index in [2.05, 4.69) is 19.7 Å². The molecule has 0 saturated carbocycles. The van der Waals surface area contributed by atoms with Crippen LogP contribution in [0.2, 0.25) is 0 Å². The Kier molecular flexibility index (Phi) is 5.38. The van der Waals surface area contributed by atoms with Gasteiger partial charge in [-0.1, -0.05) is 38.0 Å². The molecule has 76 valence electrons. The van der Waals surface area contributed by atoms with Gasteiger partial charge in [-0.25, -0.2) is 0 Å². The Morgan fingerprint density at radius 3 is 1.79 bits per heavy atom. The number of hydrogen-bond donors (Lipinski definition) is 0. The molecule has 0 N–H and O–H groups in total. The van der Waals surface area contributed by atoms with Crippen LogP contribution in [0, 0.1) is 0 Å². The Hall–Kier alpha value is -1.50. The molecule has 0 radical (unpaired) electrons. The summed E-state index contributed by atoms with van der Waals surface area (Å²) in [7, 11) is 4.01. The van der Waals surface area contributed by atoms with E-state index in [0.717, 1.165) is 16.8 Å². The summed E-state index contributed by atoms with van der Waals surface area (Å²) in [6.45, 7) is 13.2. The van der Waals surface area contributed by atoms with Gasteiger partial charge in [0, 0.05) is 19.8 Å². The van der Waals surface area contributed by atoms with Crippen molar-refractivity contribution in [2.75, 3.05) is 14.1 Å². The highest BCUT2D eigenvalue weighted by Gasteiger charge is 1.99. The molecule has 0 spiro atoms. The van der Waals surface area contributed by atoms with E-state index < -0.39 is 0 Å². The zero-order valence-corrected chi connectivity index (χ0v) is 9.38. The maximum atomic E-state index is 3.76. The number of rotatable bonds is 5. The van der Waals surface area contributed by atoms with Crippen molar-refractivity contribution in [3.8, 4) is 0 Å². The first-order valence-electron chi connectivity index (χ1n) is 4.54. The van der Waals surface area contributed by atoms with Crippen LogP contribution in [-0.4, -0.2) is 19.0 Å². The molecule has 0 heterocycles. The largest absolute Gasteiger partial charge is 0.377 e. The zero-order chi connectivity index (χ0) is 11.1. The molecule has 0 aromatic heterocycles. The Labute approximate surface area is 87.4 Å². The fourth-order valence-corrected chi connectivity index (χ4v) is 1.06. The third kappa shape index (κ3) is 3.48. The highest BCUT2D eigenvalue weighted by atomic mass is 15.1. The van der Waals surface area contributed by atoms with Gasteiger partial charge in [-0.2, -0.15) is 0 Å². The molecule has 0 unspecified atom stereocenters. The molecule has 0 aliphatic rings. The lowest BCUT2D eigenvalue weighted by molar-refractivity contribution is 0.525. The normalized spacial score (nSPS) is 11.1. The molecule has 0 amide bonds. The van der Waals surface area contributed by atoms with E-state index in [4.69, 9.17) is 0 Å². The second-order valence-corrected chi connectivity index (χ2v) is 3.22. The van der Waals surface area contributed by atoms with Gasteiger partial charge in [-0.15, -0.1) is 0 Å². The van der Waals surface area contributed by atoms with Crippen LogP contribution in [0.1, 0.15) is 6.92 Å². The van der Waals surface area contributed by atoms with E-state index in [1.54, 1.807) is 12.2 Å². The molecule has 0 saturated heterocycles. The summed E-state index contributed by atoms with van der Waals surface area (Å²) in [6, 6.07) is 0. The van der Waals surface area contributed by atoms with E-state index in [0.29, 0.717) is 0 Å². The second-order valence-electron chi connectivity index (χ2n) is 3.22. The minimum absolute atomic E-state index is 1.01. The Morgan fingerprint density at radius 2 is 1.50 bits per heavy atom. The van der Waals surface area contributed by atoms with Gasteiger partial charge in [0.1, 0.15) is 0 Å². The molecule has 0 aromatic carbocycles. The highest BCUT2D eigenvalue weighted by molar-refractivity contribution is 5.39. The third-order valence-electron chi connectivity index (χ3n) is 1.97. The van der Waals surface area contributed by atoms with Gasteiger partial charge in [-0.3, -0.25) is 0 Å². The van der Waals surface area contributed by atoms with E-state index in [1.165, 1.54) is 0 Å². The van der Waals surface area contributed by atoms with Crippen molar-refractivity contribution in [2.24, 2.45) is 0 Å². The lowest BCUT2D eigenvalue weighted by Gasteiger charge is -2.16. The van der Waals surface area contributed by atoms with E-state index in [9.17, 15) is 0 Å². The second kappa shape index (κ2) is 6.03. The lowest BCUT2D eigenvalue weighted by atomic mass is 10.1. The fourth-order valence-electron chi connectivity index (χ4n) is 1.06. The predicted octanol–water partition coefficient (Wildman–Crippen LogP) is 3.31. The van der Waals surface area contributed by atoms with Gasteiger partial charge in [0.05, 0.1) is 0 Å². The first kappa shape index (κ1) is 12.5. The Morgan fingerprint density at radius 1 is 1.00 bits per heavy atom. The van der Waals surface area contributed by atoms with E-state index in [-0.39, 0.29) is 0 Å². The molecule has 0 atom stereocenters. The van der Waals surface area contributed by atoms with Gasteiger partial charge >= 0.3 is 0 Å². The van der Waals surface area contributed by atoms with Crippen molar-refractivity contribution < 1.29 is 0 Å². The van der Waals surface area contributed by atoms with Crippen molar-refractivity contribution in [3.05, 3.63) is 60.9 Å². The van der Waals surface area contributed by atoms with Gasteiger partial charge in [-0.05, 0) is 24.1 Å². The van der Waals surface area contributed by atoms with Crippen LogP contribution < -0.4 is 0 Å². The molecule has 1 heteroatoms. The van der Waals surface area contributed by atoms with Crippen LogP contribution in [0.4, 0.5) is 0 Å². The van der Waals surface area contributed by atoms with E-state index in [1.807, 2.05) is 38.1 Å². The van der Waals surface area contributed by atoms with E-state index >= 15 is 0 Å². The molecular weight excluding hydrogens is 170 g/mol. The minimum atomic E-state index is 1.01. The number of likely N-dealkylation sites (N-methyl/N-ethyl adjacent to an activating group) is 1. The smallest absolute Gasteiger partial charge is 0.0396 e. The molecular formula is C13H19N. The molecule has 0 aliphatic heterocycles. The average molecular weight is 189 g/mol. The van der Waals surface area contributed by atoms with Crippen molar-refractivity contribution in [1.82, 2.24) is 4.90 Å². The van der Waals surface area contributed by atoms with Gasteiger partial charge in [0.2, 0.25) is 0 Å². The van der Waals surface area contributed by atoms with Crippen LogP contribution in [0.3, 0.4) is 0 Å². The number of allylic oxidation sites excluding steroid dienone is 6. The summed E-state index contributed by atoms with van der Waals surface area (Å²) in [4.78, 5) is 2.05. The summed E-state index contributed by atoms with van der Waals surface area (Å²) in [5.41, 5.74) is 3.26. The van der Waals surface area contributed by atoms with Crippen LogP contribution in [0.15, 0.2) is 60.9 Å². The predicted molar refractivity (Wildman–Crippen MR) is 65.1 cm³/mol. The fraction of sp³-hybridized carbons (Fsp3) is 0.231. The summed E-state index contributed by atoms with van der Waals surface area (Å²) in [5.74, 6) is 0. The summed E-state index contributed by atoms with van der Waals surface area (Å²) in [5, 5.41) is 0. The maximum absolute atomic E-state index is 3.76. The van der Waals surface area contributed by atoms with Crippen LogP contribution in [-0.2, 0) is 0 Å². The minimum Gasteiger partial charge on any atom is -0.377 e. The van der Waals surface area contributed by atoms with Crippen molar-refractivity contribution in [1.29, 1.82) is 0 Å². The zero-order valence-electron chi connectivity index (χ0n) is 9.38. The molecule has 0 bridgehead atoms. The Bertz CT molecular complexity index is 280. The SMILES string of the molecule is C=CC(C=C)=C/C(=C(\C)C=C)N(C)C. The summed E-state index contributed by atoms with van der Waals surface area (Å²) < 4.78 is 0. The Balaban J connectivity index is 5.25. The maximum Gasteiger partial charge on any atom is 0.0396 e. The van der Waals surface area contributed by atoms with Gasteiger partial charge in [0.25, 0.3) is 0 Å². The molecule has 14 heavy (non-hydrogen) atoms. The molecule has 1 nitrogen and oxygen atoms in total. The highest BCUT2D eigenvalue weighted by Crippen LogP contribution is 2.12. The quantitative estimate of drug-likeness (QED) is 0.600. The van der Waals surface area contributed by atoms with Crippen molar-refractivity contribution in [2.45, 2.75) is 6.92 Å². The number of hydrogen-bond acceptors (Lipinski definition) is 1. The topological polar surface area (TPSA) is 3.24 Å². The molecule has 0 aliphatic carbocycles. The standard InChI is InChI=1S/C13H19N/c1-7-11(4)13(14(5)6)10-12(8-2)9-3/h7-10H,1-3H2,4-6H3/b13-11-. The molecule has 0 aromatic rings. The van der Waals surface area contributed by atoms with Gasteiger partial charge < -0.3 is 4.90 Å². The third-order valence-corrected chi connectivity index (χ3v) is 1.97. The van der Waals surface area contributed by atoms with Crippen LogP contribution in [0.5, 0.6) is 0 Å². The van der Waals surface area contributed by atoms with Crippen LogP contribution in [0.25, 0.3) is 0 Å². The first-order chi connectivity index (χ1) is 6.56. The van der Waals surface area contributed by atoms with Gasteiger partial charge in [0.15, 0.2) is 0 Å². The van der Waals surface area contributed by atoms with Crippen molar-refractivity contribution in [3.63, 3.8) is 0 Å². The van der Waals surface area contributed by atoms with Crippen molar-refractivity contribution >= 4 is 0 Å². The van der Waals surface area contributed by atoms with Crippen LogP contribution >= 0.6 is 0 Å². The monoisotopic (exact) mass is 189 g/mol. The molecule has 0 rings (SSSR count). The lowest BCUT2D eigenvalue weighted by Crippen LogP contribution is -2.11. The first-order valence-corrected chi connectivity index (χ1v) is 4.54. The summed E-state index contributed by atoms with van der Waals surface area (Å²) in [6.07, 6.45) is 7.45. The summed E-state index contributed by atoms with van der Waals surface area (Å²) >= 11 is 0. The number of nitrogens with zero attached hydrogens (tertiary/aromatic N) is 1.